The third-order valence-corrected chi connectivity index (χ3v) is 2.92. The fourth-order valence-electron chi connectivity index (χ4n) is 1.91. The number of carboxylic acid groups (broad SMARTS) is 1. The predicted octanol–water partition coefficient (Wildman–Crippen LogP) is 3.85. The second kappa shape index (κ2) is 5.36. The van der Waals surface area contributed by atoms with Crippen LogP contribution in [0.4, 0.5) is 8.78 Å². The first kappa shape index (κ1) is 14.1. The number of hydrogen-bond donors (Lipinski definition) is 1. The number of aromatic nitrogens is 1. The van der Waals surface area contributed by atoms with Crippen LogP contribution in [0.15, 0.2) is 30.3 Å². The number of nitrogens with zero attached hydrogens (tertiary/aromatic N) is 1. The molecule has 5 heteroatoms. The molecule has 0 aliphatic carbocycles. The van der Waals surface area contributed by atoms with E-state index in [0.29, 0.717) is 17.0 Å². The smallest absolute Gasteiger partial charge is 0.337 e. The van der Waals surface area contributed by atoms with Crippen molar-refractivity contribution in [1.82, 2.24) is 4.98 Å². The summed E-state index contributed by atoms with van der Waals surface area (Å²) in [7, 11) is 0. The van der Waals surface area contributed by atoms with Gasteiger partial charge in [0.15, 0.2) is 11.6 Å². The van der Waals surface area contributed by atoms with E-state index in [0.717, 1.165) is 12.1 Å². The maximum atomic E-state index is 13.2. The zero-order valence-electron chi connectivity index (χ0n) is 11.0. The lowest BCUT2D eigenvalue weighted by atomic mass is 10.0. The average Bonchev–Trinajstić information content (AvgIpc) is 2.41. The van der Waals surface area contributed by atoms with Gasteiger partial charge in [0, 0.05) is 5.56 Å². The maximum Gasteiger partial charge on any atom is 0.337 e. The molecular formula is C15H13F2NO2. The van der Waals surface area contributed by atoms with Crippen LogP contribution in [0.5, 0.6) is 0 Å². The molecule has 0 saturated carbocycles. The van der Waals surface area contributed by atoms with Gasteiger partial charge in [0.05, 0.1) is 17.0 Å². The highest BCUT2D eigenvalue weighted by Crippen LogP contribution is 2.24. The average molecular weight is 277 g/mol. The number of halogens is 2. The molecule has 1 aromatic carbocycles. The molecular weight excluding hydrogens is 264 g/mol. The summed E-state index contributed by atoms with van der Waals surface area (Å²) in [5, 5.41) is 9.11. The first-order valence-corrected chi connectivity index (χ1v) is 6.10. The minimum Gasteiger partial charge on any atom is -0.478 e. The molecule has 2 rings (SSSR count). The highest BCUT2D eigenvalue weighted by molar-refractivity contribution is 5.89. The van der Waals surface area contributed by atoms with Gasteiger partial charge in [0.25, 0.3) is 0 Å². The molecule has 0 aliphatic rings. The standard InChI is InChI=1S/C15H13F2NO2/c1-8(2)14-10(15(19)20)4-6-13(18-14)9-3-5-11(16)12(17)7-9/h3-8H,1-2H3,(H,19,20). The lowest BCUT2D eigenvalue weighted by Gasteiger charge is -2.11. The summed E-state index contributed by atoms with van der Waals surface area (Å²) < 4.78 is 26.2. The van der Waals surface area contributed by atoms with Crippen molar-refractivity contribution in [3.8, 4) is 11.3 Å². The van der Waals surface area contributed by atoms with Gasteiger partial charge in [-0.25, -0.2) is 13.6 Å². The van der Waals surface area contributed by atoms with E-state index in [4.69, 9.17) is 5.11 Å². The first-order chi connectivity index (χ1) is 9.40. The summed E-state index contributed by atoms with van der Waals surface area (Å²) in [6, 6.07) is 6.39. The fourth-order valence-corrected chi connectivity index (χ4v) is 1.91. The Morgan fingerprint density at radius 1 is 1.15 bits per heavy atom. The third kappa shape index (κ3) is 2.66. The van der Waals surface area contributed by atoms with Gasteiger partial charge in [-0.2, -0.15) is 0 Å². The number of benzene rings is 1. The molecule has 104 valence electrons. The van der Waals surface area contributed by atoms with E-state index >= 15 is 0 Å². The fraction of sp³-hybridized carbons (Fsp3) is 0.200. The summed E-state index contributed by atoms with van der Waals surface area (Å²) in [5.41, 5.74) is 1.35. The van der Waals surface area contributed by atoms with Crippen LogP contribution in [0.2, 0.25) is 0 Å². The van der Waals surface area contributed by atoms with Crippen LogP contribution in [0, 0.1) is 11.6 Å². The highest BCUT2D eigenvalue weighted by atomic mass is 19.2. The monoisotopic (exact) mass is 277 g/mol. The molecule has 20 heavy (non-hydrogen) atoms. The van der Waals surface area contributed by atoms with Gasteiger partial charge in [-0.1, -0.05) is 13.8 Å². The zero-order chi connectivity index (χ0) is 14.9. The largest absolute Gasteiger partial charge is 0.478 e. The number of rotatable bonds is 3. The van der Waals surface area contributed by atoms with Crippen molar-refractivity contribution in [2.24, 2.45) is 0 Å². The molecule has 0 radical (unpaired) electrons. The maximum absolute atomic E-state index is 13.2. The number of pyridine rings is 1. The number of hydrogen-bond acceptors (Lipinski definition) is 2. The molecule has 0 atom stereocenters. The Morgan fingerprint density at radius 3 is 2.40 bits per heavy atom. The molecule has 1 N–H and O–H groups in total. The summed E-state index contributed by atoms with van der Waals surface area (Å²) in [6.07, 6.45) is 0. The van der Waals surface area contributed by atoms with Gasteiger partial charge in [-0.3, -0.25) is 4.98 Å². The zero-order valence-corrected chi connectivity index (χ0v) is 11.0. The number of carbonyl (C=O) groups is 1. The van der Waals surface area contributed by atoms with Crippen molar-refractivity contribution in [3.63, 3.8) is 0 Å². The Labute approximate surface area is 114 Å². The van der Waals surface area contributed by atoms with E-state index in [1.807, 2.05) is 13.8 Å². The molecule has 0 fully saturated rings. The van der Waals surface area contributed by atoms with Gasteiger partial charge >= 0.3 is 5.97 Å². The summed E-state index contributed by atoms with van der Waals surface area (Å²) in [6.45, 7) is 3.65. The first-order valence-electron chi connectivity index (χ1n) is 6.10. The predicted molar refractivity (Wildman–Crippen MR) is 70.6 cm³/mol. The summed E-state index contributed by atoms with van der Waals surface area (Å²) >= 11 is 0. The molecule has 3 nitrogen and oxygen atoms in total. The lowest BCUT2D eigenvalue weighted by molar-refractivity contribution is 0.0694. The molecule has 1 aromatic heterocycles. The molecule has 0 saturated heterocycles. The van der Waals surface area contributed by atoms with Gasteiger partial charge in [-0.15, -0.1) is 0 Å². The summed E-state index contributed by atoms with van der Waals surface area (Å²) in [4.78, 5) is 15.4. The van der Waals surface area contributed by atoms with Crippen molar-refractivity contribution in [3.05, 3.63) is 53.2 Å². The molecule has 0 amide bonds. The van der Waals surface area contributed by atoms with Gasteiger partial charge < -0.3 is 5.11 Å². The topological polar surface area (TPSA) is 50.2 Å². The van der Waals surface area contributed by atoms with Crippen LogP contribution in [0.25, 0.3) is 11.3 Å². The van der Waals surface area contributed by atoms with Gasteiger partial charge in [0.2, 0.25) is 0 Å². The van der Waals surface area contributed by atoms with Crippen LogP contribution in [0.3, 0.4) is 0 Å². The second-order valence-corrected chi connectivity index (χ2v) is 4.72. The lowest BCUT2D eigenvalue weighted by Crippen LogP contribution is -2.07. The Kier molecular flexibility index (Phi) is 3.79. The van der Waals surface area contributed by atoms with E-state index in [9.17, 15) is 13.6 Å². The van der Waals surface area contributed by atoms with Gasteiger partial charge in [0.1, 0.15) is 0 Å². The van der Waals surface area contributed by atoms with Crippen molar-refractivity contribution >= 4 is 5.97 Å². The van der Waals surface area contributed by atoms with Crippen LogP contribution in [-0.4, -0.2) is 16.1 Å². The molecule has 0 aliphatic heterocycles. The van der Waals surface area contributed by atoms with Crippen molar-refractivity contribution in [1.29, 1.82) is 0 Å². The quantitative estimate of drug-likeness (QED) is 0.927. The van der Waals surface area contributed by atoms with Crippen molar-refractivity contribution in [2.75, 3.05) is 0 Å². The molecule has 1 heterocycles. The Morgan fingerprint density at radius 2 is 1.85 bits per heavy atom. The van der Waals surface area contributed by atoms with E-state index < -0.39 is 17.6 Å². The minimum atomic E-state index is -1.06. The van der Waals surface area contributed by atoms with Crippen molar-refractivity contribution < 1.29 is 18.7 Å². The van der Waals surface area contributed by atoms with Crippen LogP contribution < -0.4 is 0 Å². The molecule has 0 unspecified atom stereocenters. The van der Waals surface area contributed by atoms with E-state index in [1.54, 1.807) is 0 Å². The Hall–Kier alpha value is -2.30. The van der Waals surface area contributed by atoms with Crippen molar-refractivity contribution in [2.45, 2.75) is 19.8 Å². The van der Waals surface area contributed by atoms with Crippen LogP contribution in [0.1, 0.15) is 35.8 Å². The second-order valence-electron chi connectivity index (χ2n) is 4.72. The normalized spacial score (nSPS) is 10.8. The SMILES string of the molecule is CC(C)c1nc(-c2ccc(F)c(F)c2)ccc1C(=O)O. The highest BCUT2D eigenvalue weighted by Gasteiger charge is 2.16. The Balaban J connectivity index is 2.55. The molecule has 0 spiro atoms. The van der Waals surface area contributed by atoms with Crippen LogP contribution in [-0.2, 0) is 0 Å². The molecule has 0 bridgehead atoms. The van der Waals surface area contributed by atoms with E-state index in [1.165, 1.54) is 18.2 Å². The minimum absolute atomic E-state index is 0.0913. The van der Waals surface area contributed by atoms with Gasteiger partial charge in [-0.05, 0) is 36.2 Å². The Bertz CT molecular complexity index is 669. The third-order valence-electron chi connectivity index (χ3n) is 2.92. The van der Waals surface area contributed by atoms with Crippen LogP contribution >= 0.6 is 0 Å². The van der Waals surface area contributed by atoms with E-state index in [2.05, 4.69) is 4.98 Å². The van der Waals surface area contributed by atoms with E-state index in [-0.39, 0.29) is 11.5 Å². The number of aromatic carboxylic acids is 1. The summed E-state index contributed by atoms with van der Waals surface area (Å²) in [5.74, 6) is -3.04. The molecule has 2 aromatic rings. The number of carboxylic acids is 1.